The number of hydrogen-bond acceptors (Lipinski definition) is 6. The van der Waals surface area contributed by atoms with Crippen LogP contribution in [0.4, 0.5) is 17.1 Å². The van der Waals surface area contributed by atoms with E-state index in [1.165, 1.54) is 0 Å². The Labute approximate surface area is 182 Å². The van der Waals surface area contributed by atoms with Gasteiger partial charge in [0.2, 0.25) is 5.91 Å². The van der Waals surface area contributed by atoms with Crippen LogP contribution >= 0.6 is 0 Å². The lowest BCUT2D eigenvalue weighted by atomic mass is 10.2. The molecule has 1 aliphatic rings. The first kappa shape index (κ1) is 20.8. The van der Waals surface area contributed by atoms with Crippen molar-refractivity contribution in [3.8, 4) is 0 Å². The molecule has 0 radical (unpaired) electrons. The van der Waals surface area contributed by atoms with Crippen LogP contribution in [0, 0.1) is 0 Å². The van der Waals surface area contributed by atoms with Gasteiger partial charge in [-0.05, 0) is 48.5 Å². The number of hydrogen-bond donors (Lipinski definition) is 1. The lowest BCUT2D eigenvalue weighted by molar-refractivity contribution is -0.117. The van der Waals surface area contributed by atoms with E-state index in [9.17, 15) is 4.79 Å². The Kier molecular flexibility index (Phi) is 7.10. The number of pyridine rings is 1. The van der Waals surface area contributed by atoms with Crippen molar-refractivity contribution in [3.63, 3.8) is 0 Å². The van der Waals surface area contributed by atoms with Gasteiger partial charge in [0, 0.05) is 44.6 Å². The molecule has 0 bridgehead atoms. The molecule has 31 heavy (non-hydrogen) atoms. The zero-order chi connectivity index (χ0) is 21.3. The van der Waals surface area contributed by atoms with E-state index in [2.05, 4.69) is 30.3 Å². The molecule has 1 amide bonds. The van der Waals surface area contributed by atoms with E-state index in [0.717, 1.165) is 55.5 Å². The van der Waals surface area contributed by atoms with Gasteiger partial charge < -0.3 is 5.32 Å². The molecule has 2 aromatic carbocycles. The van der Waals surface area contributed by atoms with Crippen molar-refractivity contribution in [1.82, 2.24) is 14.8 Å². The number of nitrogens with one attached hydrogen (secondary N) is 1. The highest BCUT2D eigenvalue weighted by Crippen LogP contribution is 2.20. The van der Waals surface area contributed by atoms with Crippen molar-refractivity contribution < 1.29 is 4.79 Å². The normalized spacial score (nSPS) is 15.2. The lowest BCUT2D eigenvalue weighted by Crippen LogP contribution is -2.48. The van der Waals surface area contributed by atoms with Gasteiger partial charge in [0.05, 0.1) is 23.6 Å². The third kappa shape index (κ3) is 6.53. The zero-order valence-corrected chi connectivity index (χ0v) is 17.4. The number of nitrogens with zero attached hydrogens (tertiary/aromatic N) is 5. The van der Waals surface area contributed by atoms with Crippen molar-refractivity contribution in [2.24, 2.45) is 10.2 Å². The quantitative estimate of drug-likeness (QED) is 0.587. The van der Waals surface area contributed by atoms with E-state index >= 15 is 0 Å². The Balaban J connectivity index is 1.21. The molecule has 1 fully saturated rings. The fourth-order valence-corrected chi connectivity index (χ4v) is 3.45. The first-order chi connectivity index (χ1) is 15.2. The van der Waals surface area contributed by atoms with Crippen LogP contribution < -0.4 is 5.32 Å². The molecule has 0 atom stereocenters. The summed E-state index contributed by atoms with van der Waals surface area (Å²) >= 11 is 0. The zero-order valence-electron chi connectivity index (χ0n) is 17.4. The van der Waals surface area contributed by atoms with Crippen LogP contribution in [0.1, 0.15) is 5.69 Å². The standard InChI is InChI=1S/C24H26N6O/c31-24(19-30-16-14-29(15-17-30)18-23-8-4-5-13-25-23)26-20-9-11-22(12-10-20)28-27-21-6-2-1-3-7-21/h1-13H,14-19H2,(H,26,31). The highest BCUT2D eigenvalue weighted by molar-refractivity contribution is 5.92. The summed E-state index contributed by atoms with van der Waals surface area (Å²) in [6.45, 7) is 4.87. The number of anilines is 1. The maximum atomic E-state index is 12.4. The summed E-state index contributed by atoms with van der Waals surface area (Å²) in [6.07, 6.45) is 1.83. The van der Waals surface area contributed by atoms with Crippen LogP contribution in [0.2, 0.25) is 0 Å². The molecule has 0 saturated carbocycles. The minimum Gasteiger partial charge on any atom is -0.325 e. The topological polar surface area (TPSA) is 73.2 Å². The van der Waals surface area contributed by atoms with Crippen LogP contribution in [0.25, 0.3) is 0 Å². The minimum atomic E-state index is -0.00293. The monoisotopic (exact) mass is 414 g/mol. The van der Waals surface area contributed by atoms with Crippen molar-refractivity contribution in [1.29, 1.82) is 0 Å². The van der Waals surface area contributed by atoms with Gasteiger partial charge in [-0.25, -0.2) is 0 Å². The highest BCUT2D eigenvalue weighted by atomic mass is 16.2. The second-order valence-corrected chi connectivity index (χ2v) is 7.50. The average Bonchev–Trinajstić information content (AvgIpc) is 2.81. The number of carbonyl (C=O) groups excluding carboxylic acids is 1. The number of benzene rings is 2. The maximum Gasteiger partial charge on any atom is 0.238 e. The number of azo groups is 1. The molecule has 4 rings (SSSR count). The van der Waals surface area contributed by atoms with Gasteiger partial charge in [0.25, 0.3) is 0 Å². The van der Waals surface area contributed by atoms with Crippen LogP contribution in [-0.2, 0) is 11.3 Å². The molecule has 7 nitrogen and oxygen atoms in total. The largest absolute Gasteiger partial charge is 0.325 e. The van der Waals surface area contributed by atoms with E-state index in [-0.39, 0.29) is 5.91 Å². The predicted molar refractivity (Wildman–Crippen MR) is 122 cm³/mol. The summed E-state index contributed by atoms with van der Waals surface area (Å²) in [5, 5.41) is 11.4. The fourth-order valence-electron chi connectivity index (χ4n) is 3.45. The number of carbonyl (C=O) groups is 1. The summed E-state index contributed by atoms with van der Waals surface area (Å²) in [7, 11) is 0. The fraction of sp³-hybridized carbons (Fsp3) is 0.250. The second kappa shape index (κ2) is 10.6. The molecule has 1 aliphatic heterocycles. The maximum absolute atomic E-state index is 12.4. The van der Waals surface area contributed by atoms with Gasteiger partial charge in [-0.15, -0.1) is 0 Å². The van der Waals surface area contributed by atoms with Crippen molar-refractivity contribution in [2.75, 3.05) is 38.0 Å². The number of amides is 1. The van der Waals surface area contributed by atoms with E-state index in [0.29, 0.717) is 6.54 Å². The minimum absolute atomic E-state index is 0.00293. The molecule has 2 heterocycles. The van der Waals surface area contributed by atoms with Crippen molar-refractivity contribution in [2.45, 2.75) is 6.54 Å². The van der Waals surface area contributed by atoms with Crippen molar-refractivity contribution >= 4 is 23.0 Å². The van der Waals surface area contributed by atoms with Gasteiger partial charge in [-0.3, -0.25) is 19.6 Å². The van der Waals surface area contributed by atoms with Gasteiger partial charge in [0.1, 0.15) is 0 Å². The Morgan fingerprint density at radius 1 is 0.806 bits per heavy atom. The molecule has 0 spiro atoms. The van der Waals surface area contributed by atoms with E-state index in [1.54, 1.807) is 0 Å². The molecule has 158 valence electrons. The summed E-state index contributed by atoms with van der Waals surface area (Å²) in [5.74, 6) is -0.00293. The second-order valence-electron chi connectivity index (χ2n) is 7.50. The third-order valence-corrected chi connectivity index (χ3v) is 5.13. The molecule has 1 N–H and O–H groups in total. The van der Waals surface area contributed by atoms with Crippen LogP contribution in [0.15, 0.2) is 89.2 Å². The molecule has 0 aliphatic carbocycles. The smallest absolute Gasteiger partial charge is 0.238 e. The molecule has 7 heteroatoms. The number of aromatic nitrogens is 1. The number of rotatable bonds is 7. The highest BCUT2D eigenvalue weighted by Gasteiger charge is 2.19. The summed E-state index contributed by atoms with van der Waals surface area (Å²) in [6, 6.07) is 23.0. The van der Waals surface area contributed by atoms with E-state index < -0.39 is 0 Å². The molecule has 0 unspecified atom stereocenters. The summed E-state index contributed by atoms with van der Waals surface area (Å²) in [5.41, 5.74) is 3.39. The van der Waals surface area contributed by atoms with Crippen LogP contribution in [-0.4, -0.2) is 53.4 Å². The first-order valence-electron chi connectivity index (χ1n) is 10.5. The molecule has 1 saturated heterocycles. The molecule has 1 aromatic heterocycles. The Morgan fingerprint density at radius 2 is 1.45 bits per heavy atom. The molecule has 3 aromatic rings. The van der Waals surface area contributed by atoms with Gasteiger partial charge in [-0.1, -0.05) is 24.3 Å². The average molecular weight is 415 g/mol. The van der Waals surface area contributed by atoms with Crippen LogP contribution in [0.3, 0.4) is 0 Å². The van der Waals surface area contributed by atoms with Gasteiger partial charge in [-0.2, -0.15) is 10.2 Å². The lowest BCUT2D eigenvalue weighted by Gasteiger charge is -2.34. The molecular weight excluding hydrogens is 388 g/mol. The van der Waals surface area contributed by atoms with Gasteiger partial charge in [0.15, 0.2) is 0 Å². The van der Waals surface area contributed by atoms with E-state index in [4.69, 9.17) is 0 Å². The van der Waals surface area contributed by atoms with Crippen molar-refractivity contribution in [3.05, 3.63) is 84.7 Å². The number of piperazine rings is 1. The first-order valence-corrected chi connectivity index (χ1v) is 10.5. The Morgan fingerprint density at radius 3 is 2.13 bits per heavy atom. The Bertz CT molecular complexity index is 984. The predicted octanol–water partition coefficient (Wildman–Crippen LogP) is 4.25. The summed E-state index contributed by atoms with van der Waals surface area (Å²) < 4.78 is 0. The summed E-state index contributed by atoms with van der Waals surface area (Å²) in [4.78, 5) is 21.4. The molecular formula is C24H26N6O. The van der Waals surface area contributed by atoms with E-state index in [1.807, 2.05) is 79.0 Å². The van der Waals surface area contributed by atoms with Crippen LogP contribution in [0.5, 0.6) is 0 Å². The SMILES string of the molecule is O=C(CN1CCN(Cc2ccccn2)CC1)Nc1ccc(N=Nc2ccccc2)cc1. The Hall–Kier alpha value is -3.42. The van der Waals surface area contributed by atoms with Gasteiger partial charge >= 0.3 is 0 Å². The third-order valence-electron chi connectivity index (χ3n) is 5.13.